The molecule has 5 heteroatoms. The molecule has 104 valence electrons. The van der Waals surface area contributed by atoms with E-state index in [2.05, 4.69) is 0 Å². The van der Waals surface area contributed by atoms with Crippen molar-refractivity contribution >= 4 is 29.1 Å². The van der Waals surface area contributed by atoms with Crippen molar-refractivity contribution in [1.82, 2.24) is 4.90 Å². The number of rotatable bonds is 6. The number of amides is 1. The molecule has 0 radical (unpaired) electrons. The van der Waals surface area contributed by atoms with E-state index in [1.807, 2.05) is 4.90 Å². The number of alkyl halides is 1. The van der Waals surface area contributed by atoms with E-state index in [-0.39, 0.29) is 12.5 Å². The maximum atomic E-state index is 12.1. The Bertz CT molecular complexity index is 418. The van der Waals surface area contributed by atoms with E-state index in [1.54, 1.807) is 24.3 Å². The van der Waals surface area contributed by atoms with E-state index in [9.17, 15) is 4.79 Å². The third kappa shape index (κ3) is 4.02. The molecule has 1 aliphatic rings. The zero-order valence-corrected chi connectivity index (χ0v) is 12.2. The van der Waals surface area contributed by atoms with Crippen LogP contribution in [0.25, 0.3) is 0 Å². The highest BCUT2D eigenvalue weighted by Gasteiger charge is 2.28. The van der Waals surface area contributed by atoms with Crippen LogP contribution < -0.4 is 4.74 Å². The van der Waals surface area contributed by atoms with Crippen LogP contribution in [0.5, 0.6) is 5.75 Å². The predicted octanol–water partition coefficient (Wildman–Crippen LogP) is 3.34. The van der Waals surface area contributed by atoms with Crippen LogP contribution in [0.4, 0.5) is 0 Å². The number of benzene rings is 1. The average Bonchev–Trinajstić information content (AvgIpc) is 2.35. The molecular formula is C14H17Cl2NO2. The fourth-order valence-corrected chi connectivity index (χ4v) is 2.37. The van der Waals surface area contributed by atoms with Gasteiger partial charge in [0.25, 0.3) is 5.91 Å². The molecule has 1 amide bonds. The van der Waals surface area contributed by atoms with Crippen LogP contribution in [0.2, 0.25) is 5.02 Å². The van der Waals surface area contributed by atoms with E-state index in [4.69, 9.17) is 27.9 Å². The van der Waals surface area contributed by atoms with E-state index in [0.29, 0.717) is 29.2 Å². The number of halogens is 2. The van der Waals surface area contributed by atoms with Crippen molar-refractivity contribution in [2.45, 2.75) is 25.3 Å². The van der Waals surface area contributed by atoms with Crippen molar-refractivity contribution in [1.29, 1.82) is 0 Å². The Morgan fingerprint density at radius 2 is 2.00 bits per heavy atom. The zero-order chi connectivity index (χ0) is 13.7. The number of ether oxygens (including phenoxy) is 1. The molecule has 0 saturated heterocycles. The minimum absolute atomic E-state index is 0.000278. The lowest BCUT2D eigenvalue weighted by atomic mass is 9.91. The molecule has 0 spiro atoms. The van der Waals surface area contributed by atoms with Gasteiger partial charge < -0.3 is 9.64 Å². The second-order valence-corrected chi connectivity index (χ2v) is 5.42. The van der Waals surface area contributed by atoms with Crippen molar-refractivity contribution < 1.29 is 9.53 Å². The molecule has 1 aromatic rings. The molecule has 1 saturated carbocycles. The molecule has 19 heavy (non-hydrogen) atoms. The third-order valence-electron chi connectivity index (χ3n) is 3.34. The molecule has 3 nitrogen and oxygen atoms in total. The maximum absolute atomic E-state index is 12.1. The number of nitrogens with zero attached hydrogens (tertiary/aromatic N) is 1. The van der Waals surface area contributed by atoms with Crippen molar-refractivity contribution in [2.24, 2.45) is 0 Å². The SMILES string of the molecule is O=C(COc1ccc(Cl)cc1)N(CCCl)C1CCC1. The van der Waals surface area contributed by atoms with Crippen LogP contribution in [-0.2, 0) is 4.79 Å². The summed E-state index contributed by atoms with van der Waals surface area (Å²) in [5, 5.41) is 0.650. The first-order valence-electron chi connectivity index (χ1n) is 6.44. The molecule has 0 bridgehead atoms. The average molecular weight is 302 g/mol. The summed E-state index contributed by atoms with van der Waals surface area (Å²) in [5.74, 6) is 1.11. The fraction of sp³-hybridized carbons (Fsp3) is 0.500. The standard InChI is InChI=1S/C14H17Cl2NO2/c15-8-9-17(12-2-1-3-12)14(18)10-19-13-6-4-11(16)5-7-13/h4-7,12H,1-3,8-10H2. The van der Waals surface area contributed by atoms with Crippen molar-refractivity contribution in [3.63, 3.8) is 0 Å². The lowest BCUT2D eigenvalue weighted by Gasteiger charge is -2.37. The summed E-state index contributed by atoms with van der Waals surface area (Å²) >= 11 is 11.5. The third-order valence-corrected chi connectivity index (χ3v) is 3.76. The van der Waals surface area contributed by atoms with Gasteiger partial charge in [-0.3, -0.25) is 4.79 Å². The topological polar surface area (TPSA) is 29.5 Å². The zero-order valence-electron chi connectivity index (χ0n) is 10.6. The minimum atomic E-state index is 0.000278. The summed E-state index contributed by atoms with van der Waals surface area (Å²) in [6.07, 6.45) is 3.34. The molecule has 0 unspecified atom stereocenters. The molecule has 1 aromatic carbocycles. The predicted molar refractivity (Wildman–Crippen MR) is 77.0 cm³/mol. The normalized spacial score (nSPS) is 14.8. The van der Waals surface area contributed by atoms with E-state index >= 15 is 0 Å². The van der Waals surface area contributed by atoms with Gasteiger partial charge >= 0.3 is 0 Å². The Hall–Kier alpha value is -0.930. The van der Waals surface area contributed by atoms with Gasteiger partial charge in [-0.05, 0) is 43.5 Å². The number of hydrogen-bond acceptors (Lipinski definition) is 2. The Balaban J connectivity index is 1.86. The lowest BCUT2D eigenvalue weighted by Crippen LogP contribution is -2.47. The van der Waals surface area contributed by atoms with Crippen LogP contribution in [0.15, 0.2) is 24.3 Å². The van der Waals surface area contributed by atoms with Crippen molar-refractivity contribution in [3.05, 3.63) is 29.3 Å². The molecule has 0 heterocycles. The van der Waals surface area contributed by atoms with Gasteiger partial charge in [0.1, 0.15) is 5.75 Å². The van der Waals surface area contributed by atoms with Crippen molar-refractivity contribution in [2.75, 3.05) is 19.0 Å². The molecular weight excluding hydrogens is 285 g/mol. The Morgan fingerprint density at radius 1 is 1.32 bits per heavy atom. The summed E-state index contributed by atoms with van der Waals surface area (Å²) in [4.78, 5) is 14.0. The van der Waals surface area contributed by atoms with E-state index in [1.165, 1.54) is 6.42 Å². The quantitative estimate of drug-likeness (QED) is 0.754. The summed E-state index contributed by atoms with van der Waals surface area (Å²) in [6.45, 7) is 0.643. The van der Waals surface area contributed by atoms with Crippen LogP contribution in [0, 0.1) is 0 Å². The van der Waals surface area contributed by atoms with E-state index in [0.717, 1.165) is 12.8 Å². The van der Waals surface area contributed by atoms with Crippen LogP contribution in [0.1, 0.15) is 19.3 Å². The highest BCUT2D eigenvalue weighted by Crippen LogP contribution is 2.25. The second-order valence-electron chi connectivity index (χ2n) is 4.60. The van der Waals surface area contributed by atoms with Gasteiger partial charge in [-0.15, -0.1) is 11.6 Å². The second kappa shape index (κ2) is 7.01. The number of carbonyl (C=O) groups is 1. The summed E-state index contributed by atoms with van der Waals surface area (Å²) in [6, 6.07) is 7.34. The molecule has 0 aliphatic heterocycles. The molecule has 1 fully saturated rings. The first kappa shape index (κ1) is 14.5. The van der Waals surface area contributed by atoms with Gasteiger partial charge in [0.05, 0.1) is 0 Å². The van der Waals surface area contributed by atoms with Gasteiger partial charge in [0.15, 0.2) is 6.61 Å². The first-order chi connectivity index (χ1) is 9.20. The first-order valence-corrected chi connectivity index (χ1v) is 7.36. The largest absolute Gasteiger partial charge is 0.484 e. The molecule has 2 rings (SSSR count). The number of hydrogen-bond donors (Lipinski definition) is 0. The van der Waals surface area contributed by atoms with Gasteiger partial charge in [0, 0.05) is 23.5 Å². The van der Waals surface area contributed by atoms with Crippen molar-refractivity contribution in [3.8, 4) is 5.75 Å². The van der Waals surface area contributed by atoms with Crippen LogP contribution >= 0.6 is 23.2 Å². The van der Waals surface area contributed by atoms with Gasteiger partial charge in [-0.25, -0.2) is 0 Å². The lowest BCUT2D eigenvalue weighted by molar-refractivity contribution is -0.137. The van der Waals surface area contributed by atoms with Gasteiger partial charge in [-0.2, -0.15) is 0 Å². The maximum Gasteiger partial charge on any atom is 0.260 e. The fourth-order valence-electron chi connectivity index (χ4n) is 2.06. The van der Waals surface area contributed by atoms with E-state index < -0.39 is 0 Å². The molecule has 0 atom stereocenters. The Labute approximate surface area is 123 Å². The molecule has 0 aromatic heterocycles. The monoisotopic (exact) mass is 301 g/mol. The summed E-state index contributed by atoms with van der Waals surface area (Å²) < 4.78 is 5.48. The molecule has 1 aliphatic carbocycles. The summed E-state index contributed by atoms with van der Waals surface area (Å²) in [5.41, 5.74) is 0. The van der Waals surface area contributed by atoms with Crippen LogP contribution in [-0.4, -0.2) is 35.9 Å². The smallest absolute Gasteiger partial charge is 0.260 e. The highest BCUT2D eigenvalue weighted by molar-refractivity contribution is 6.30. The Morgan fingerprint density at radius 3 is 2.53 bits per heavy atom. The Kier molecular flexibility index (Phi) is 5.34. The minimum Gasteiger partial charge on any atom is -0.484 e. The van der Waals surface area contributed by atoms with Crippen LogP contribution in [0.3, 0.4) is 0 Å². The van der Waals surface area contributed by atoms with Gasteiger partial charge in [-0.1, -0.05) is 11.6 Å². The summed E-state index contributed by atoms with van der Waals surface area (Å²) in [7, 11) is 0. The van der Waals surface area contributed by atoms with Gasteiger partial charge in [0.2, 0.25) is 0 Å². The highest BCUT2D eigenvalue weighted by atomic mass is 35.5. The molecule has 0 N–H and O–H groups in total. The number of carbonyl (C=O) groups excluding carboxylic acids is 1.